The molecule has 2 bridgehead atoms. The van der Waals surface area contributed by atoms with Crippen LogP contribution >= 0.6 is 0 Å². The lowest BCUT2D eigenvalue weighted by Gasteiger charge is -2.50. The average molecular weight is 462 g/mol. The number of esters is 1. The van der Waals surface area contributed by atoms with Crippen molar-refractivity contribution in [3.8, 4) is 0 Å². The lowest BCUT2D eigenvalue weighted by molar-refractivity contribution is -0.378. The lowest BCUT2D eigenvalue weighted by atomic mass is 9.61. The van der Waals surface area contributed by atoms with Crippen LogP contribution in [0.2, 0.25) is 0 Å². The summed E-state index contributed by atoms with van der Waals surface area (Å²) in [6.07, 6.45) is -7.91. The Morgan fingerprint density at radius 1 is 0.968 bits per heavy atom. The molecule has 0 heterocycles. The molecule has 0 saturated heterocycles. The highest BCUT2D eigenvalue weighted by Crippen LogP contribution is 2.51. The second kappa shape index (κ2) is 8.72. The van der Waals surface area contributed by atoms with Gasteiger partial charge < -0.3 is 14.6 Å². The van der Waals surface area contributed by atoms with Gasteiger partial charge in [0.1, 0.15) is 5.60 Å². The molecule has 0 aromatic rings. The molecule has 4 atom stereocenters. The van der Waals surface area contributed by atoms with Crippen molar-refractivity contribution >= 4 is 5.97 Å². The molecule has 2 saturated carbocycles. The van der Waals surface area contributed by atoms with Crippen molar-refractivity contribution < 1.29 is 45.7 Å². The Morgan fingerprint density at radius 2 is 1.48 bits per heavy atom. The van der Waals surface area contributed by atoms with Gasteiger partial charge in [0.15, 0.2) is 0 Å². The molecule has 0 aliphatic heterocycles. The second-order valence-corrected chi connectivity index (χ2v) is 10.3. The maximum atomic E-state index is 12.8. The minimum Gasteiger partial charge on any atom is -0.459 e. The molecule has 182 valence electrons. The summed E-state index contributed by atoms with van der Waals surface area (Å²) in [4.78, 5) is 12.6. The minimum atomic E-state index is -5.91. The Labute approximate surface area is 178 Å². The molecule has 0 spiro atoms. The summed E-state index contributed by atoms with van der Waals surface area (Å²) in [6, 6.07) is 0. The van der Waals surface area contributed by atoms with E-state index in [0.717, 1.165) is 12.8 Å². The van der Waals surface area contributed by atoms with Gasteiger partial charge in [0.05, 0.1) is 12.0 Å². The molecular weight excluding hydrogens is 430 g/mol. The highest BCUT2D eigenvalue weighted by Gasteiger charge is 2.70. The zero-order chi connectivity index (χ0) is 23.9. The summed E-state index contributed by atoms with van der Waals surface area (Å²) in [5, 5.41) is 9.26. The number of carbonyl (C=O) groups excluding carboxylic acids is 1. The number of rotatable bonds is 6. The van der Waals surface area contributed by atoms with Crippen LogP contribution in [0.25, 0.3) is 0 Å². The van der Waals surface area contributed by atoms with Crippen LogP contribution in [0.5, 0.6) is 0 Å². The quantitative estimate of drug-likeness (QED) is 0.423. The molecule has 0 amide bonds. The highest BCUT2D eigenvalue weighted by atomic mass is 19.4. The van der Waals surface area contributed by atoms with Crippen molar-refractivity contribution in [3.05, 3.63) is 0 Å². The molecule has 2 aliphatic rings. The summed E-state index contributed by atoms with van der Waals surface area (Å²) in [7, 11) is 0. The lowest BCUT2D eigenvalue weighted by Crippen LogP contribution is -2.60. The third kappa shape index (κ3) is 5.86. The van der Waals surface area contributed by atoms with Crippen LogP contribution in [0, 0.1) is 23.2 Å². The van der Waals surface area contributed by atoms with Crippen molar-refractivity contribution in [2.45, 2.75) is 89.8 Å². The number of fused-ring (bicyclic) bond motifs is 2. The molecular formula is C21H32F6O4. The summed E-state index contributed by atoms with van der Waals surface area (Å²) >= 11 is 0. The molecule has 10 heteroatoms. The summed E-state index contributed by atoms with van der Waals surface area (Å²) in [5.74, 6) is -0.255. The molecule has 2 fully saturated rings. The average Bonchev–Trinajstić information content (AvgIpc) is 2.57. The van der Waals surface area contributed by atoms with E-state index in [1.54, 1.807) is 20.8 Å². The van der Waals surface area contributed by atoms with Gasteiger partial charge >= 0.3 is 18.3 Å². The second-order valence-electron chi connectivity index (χ2n) is 10.3. The Balaban J connectivity index is 2.11. The smallest absolute Gasteiger partial charge is 0.428 e. The Bertz CT molecular complexity index is 625. The predicted octanol–water partition coefficient (Wildman–Crippen LogP) is 5.42. The van der Waals surface area contributed by atoms with Crippen molar-refractivity contribution in [2.24, 2.45) is 23.2 Å². The molecule has 2 aliphatic carbocycles. The van der Waals surface area contributed by atoms with E-state index in [1.807, 2.05) is 6.92 Å². The first-order chi connectivity index (χ1) is 13.9. The molecule has 0 aromatic heterocycles. The van der Waals surface area contributed by atoms with Gasteiger partial charge in [0, 0.05) is 6.61 Å². The molecule has 1 N–H and O–H groups in total. The first-order valence-electron chi connectivity index (χ1n) is 10.6. The van der Waals surface area contributed by atoms with Gasteiger partial charge in [-0.2, -0.15) is 26.3 Å². The van der Waals surface area contributed by atoms with E-state index < -0.39 is 35.6 Å². The first kappa shape index (κ1) is 26.2. The number of aliphatic hydroxyl groups is 1. The van der Waals surface area contributed by atoms with E-state index in [4.69, 9.17) is 9.47 Å². The van der Waals surface area contributed by atoms with E-state index in [9.17, 15) is 36.2 Å². The van der Waals surface area contributed by atoms with E-state index in [1.165, 1.54) is 0 Å². The van der Waals surface area contributed by atoms with E-state index in [0.29, 0.717) is 31.6 Å². The van der Waals surface area contributed by atoms with Crippen LogP contribution in [0.15, 0.2) is 0 Å². The Morgan fingerprint density at radius 3 is 1.97 bits per heavy atom. The predicted molar refractivity (Wildman–Crippen MR) is 100 cm³/mol. The Hall–Kier alpha value is -1.03. The van der Waals surface area contributed by atoms with Crippen LogP contribution in [0.1, 0.15) is 66.2 Å². The largest absolute Gasteiger partial charge is 0.459 e. The standard InChI is InChI=1S/C21H32F6O4/c1-5-13-6-14-7-15(10-18(8-13,9-14)31-16(28)17(2,3)4)11-30-12-19(29,20(22,23)24)21(25,26)27/h13-15,29H,5-12H2,1-4H3. The fourth-order valence-corrected chi connectivity index (χ4v) is 4.81. The van der Waals surface area contributed by atoms with E-state index in [2.05, 4.69) is 0 Å². The number of carbonyl (C=O) groups is 1. The number of ether oxygens (including phenoxy) is 2. The van der Waals surface area contributed by atoms with Crippen LogP contribution in [-0.4, -0.2) is 47.8 Å². The molecule has 4 unspecified atom stereocenters. The topological polar surface area (TPSA) is 55.8 Å². The van der Waals surface area contributed by atoms with Crippen molar-refractivity contribution in [2.75, 3.05) is 13.2 Å². The first-order valence-corrected chi connectivity index (χ1v) is 10.6. The van der Waals surface area contributed by atoms with E-state index >= 15 is 0 Å². The number of hydrogen-bond donors (Lipinski definition) is 1. The monoisotopic (exact) mass is 462 g/mol. The number of halogens is 6. The third-order valence-corrected chi connectivity index (χ3v) is 6.42. The van der Waals surface area contributed by atoms with E-state index in [-0.39, 0.29) is 24.4 Å². The zero-order valence-electron chi connectivity index (χ0n) is 18.3. The molecule has 2 rings (SSSR count). The van der Waals surface area contributed by atoms with Crippen LogP contribution < -0.4 is 0 Å². The van der Waals surface area contributed by atoms with Gasteiger partial charge in [0.25, 0.3) is 5.60 Å². The van der Waals surface area contributed by atoms with Crippen molar-refractivity contribution in [1.82, 2.24) is 0 Å². The fraction of sp³-hybridized carbons (Fsp3) is 0.952. The normalized spacial score (nSPS) is 30.2. The maximum absolute atomic E-state index is 12.8. The Kier molecular flexibility index (Phi) is 7.38. The minimum absolute atomic E-state index is 0.151. The third-order valence-electron chi connectivity index (χ3n) is 6.42. The molecule has 0 aromatic carbocycles. The van der Waals surface area contributed by atoms with Gasteiger partial charge in [0.2, 0.25) is 0 Å². The molecule has 4 nitrogen and oxygen atoms in total. The van der Waals surface area contributed by atoms with Crippen LogP contribution in [-0.2, 0) is 14.3 Å². The number of hydrogen-bond acceptors (Lipinski definition) is 4. The highest BCUT2D eigenvalue weighted by molar-refractivity contribution is 5.75. The number of alkyl halides is 6. The van der Waals surface area contributed by atoms with Gasteiger partial charge in [-0.25, -0.2) is 0 Å². The molecule has 31 heavy (non-hydrogen) atoms. The maximum Gasteiger partial charge on any atom is 0.428 e. The van der Waals surface area contributed by atoms with Crippen LogP contribution in [0.4, 0.5) is 26.3 Å². The van der Waals surface area contributed by atoms with Crippen molar-refractivity contribution in [1.29, 1.82) is 0 Å². The van der Waals surface area contributed by atoms with Crippen LogP contribution in [0.3, 0.4) is 0 Å². The summed E-state index contributed by atoms with van der Waals surface area (Å²) in [6.45, 7) is 4.91. The van der Waals surface area contributed by atoms with Gasteiger partial charge in [-0.05, 0) is 70.6 Å². The van der Waals surface area contributed by atoms with Gasteiger partial charge in [-0.1, -0.05) is 13.3 Å². The SMILES string of the molecule is CCC1CC2CC(COCC(O)(C(F)(F)F)C(F)(F)F)CC(OC(=O)C(C)(C)C)(C1)C2. The summed E-state index contributed by atoms with van der Waals surface area (Å²) < 4.78 is 87.8. The fourth-order valence-electron chi connectivity index (χ4n) is 4.81. The zero-order valence-corrected chi connectivity index (χ0v) is 18.3. The van der Waals surface area contributed by atoms with Gasteiger partial charge in [-0.3, -0.25) is 4.79 Å². The van der Waals surface area contributed by atoms with Crippen molar-refractivity contribution in [3.63, 3.8) is 0 Å². The van der Waals surface area contributed by atoms with Gasteiger partial charge in [-0.15, -0.1) is 0 Å². The summed E-state index contributed by atoms with van der Waals surface area (Å²) in [5.41, 5.74) is -6.44. The molecule has 0 radical (unpaired) electrons.